The second-order valence-electron chi connectivity index (χ2n) is 9.70. The minimum Gasteiger partial charge on any atom is -0.478 e. The third kappa shape index (κ3) is 9.81. The number of aliphatic hydroxyl groups excluding tert-OH is 1. The van der Waals surface area contributed by atoms with Crippen LogP contribution in [0, 0.1) is 10.1 Å². The summed E-state index contributed by atoms with van der Waals surface area (Å²) in [7, 11) is 0. The van der Waals surface area contributed by atoms with Gasteiger partial charge >= 0.3 is 5.97 Å². The average Bonchev–Trinajstić information content (AvgIpc) is 3.34. The fourth-order valence-electron chi connectivity index (χ4n) is 4.35. The van der Waals surface area contributed by atoms with Crippen molar-refractivity contribution in [1.29, 1.82) is 0 Å². The van der Waals surface area contributed by atoms with Crippen molar-refractivity contribution < 1.29 is 38.9 Å². The van der Waals surface area contributed by atoms with E-state index in [1.807, 2.05) is 91.0 Å². The lowest BCUT2D eigenvalue weighted by Gasteiger charge is -2.24. The second kappa shape index (κ2) is 16.3. The molecule has 4 atom stereocenters. The molecule has 1 aliphatic heterocycles. The van der Waals surface area contributed by atoms with Gasteiger partial charge < -0.3 is 29.2 Å². The van der Waals surface area contributed by atoms with Crippen LogP contribution in [0.3, 0.4) is 0 Å². The molecular weight excluding hydrogens is 554 g/mol. The Labute approximate surface area is 249 Å². The Morgan fingerprint density at radius 2 is 1.19 bits per heavy atom. The topological polar surface area (TPSA) is 138 Å². The molecule has 1 heterocycles. The lowest BCUT2D eigenvalue weighted by Crippen LogP contribution is -2.39. The molecule has 4 aromatic rings. The maximum Gasteiger partial charge on any atom is 0.335 e. The van der Waals surface area contributed by atoms with Crippen LogP contribution < -0.4 is 0 Å². The first-order valence-corrected chi connectivity index (χ1v) is 13.6. The molecule has 224 valence electrons. The molecule has 5 rings (SSSR count). The first-order valence-electron chi connectivity index (χ1n) is 13.6. The molecular formula is C33H33NO9. The van der Waals surface area contributed by atoms with Crippen LogP contribution in [0.25, 0.3) is 0 Å². The number of ether oxygens (including phenoxy) is 4. The molecule has 1 aliphatic rings. The van der Waals surface area contributed by atoms with Gasteiger partial charge in [0.25, 0.3) is 5.69 Å². The van der Waals surface area contributed by atoms with Gasteiger partial charge in [0, 0.05) is 12.1 Å². The van der Waals surface area contributed by atoms with Crippen molar-refractivity contribution in [2.24, 2.45) is 0 Å². The minimum absolute atomic E-state index is 0.0422. The Morgan fingerprint density at radius 1 is 0.721 bits per heavy atom. The van der Waals surface area contributed by atoms with Gasteiger partial charge in [-0.05, 0) is 28.8 Å². The molecule has 0 saturated carbocycles. The van der Waals surface area contributed by atoms with Crippen LogP contribution in [0.5, 0.6) is 0 Å². The van der Waals surface area contributed by atoms with Crippen molar-refractivity contribution in [3.8, 4) is 0 Å². The Balaban J connectivity index is 0.000000296. The fraction of sp³-hybridized carbons (Fsp3) is 0.242. The quantitative estimate of drug-likeness (QED) is 0.165. The average molecular weight is 588 g/mol. The molecule has 43 heavy (non-hydrogen) atoms. The molecule has 0 aromatic heterocycles. The number of rotatable bonds is 12. The van der Waals surface area contributed by atoms with E-state index >= 15 is 0 Å². The smallest absolute Gasteiger partial charge is 0.335 e. The van der Waals surface area contributed by atoms with E-state index in [0.717, 1.165) is 28.8 Å². The van der Waals surface area contributed by atoms with E-state index in [1.165, 1.54) is 12.1 Å². The van der Waals surface area contributed by atoms with Gasteiger partial charge in [0.15, 0.2) is 6.29 Å². The number of nitro benzene ring substituents is 1. The van der Waals surface area contributed by atoms with Gasteiger partial charge in [-0.25, -0.2) is 4.79 Å². The summed E-state index contributed by atoms with van der Waals surface area (Å²) in [6.07, 6.45) is -2.55. The molecule has 1 saturated heterocycles. The number of carbonyl (C=O) groups is 1. The molecule has 0 amide bonds. The van der Waals surface area contributed by atoms with E-state index in [-0.39, 0.29) is 11.3 Å². The van der Waals surface area contributed by atoms with E-state index in [0.29, 0.717) is 26.4 Å². The van der Waals surface area contributed by atoms with Crippen molar-refractivity contribution in [2.75, 3.05) is 6.61 Å². The molecule has 0 bridgehead atoms. The molecule has 1 fully saturated rings. The number of aliphatic hydroxyl groups is 1. The van der Waals surface area contributed by atoms with E-state index in [9.17, 15) is 20.0 Å². The Bertz CT molecular complexity index is 1370. The van der Waals surface area contributed by atoms with Crippen molar-refractivity contribution in [2.45, 2.75) is 44.4 Å². The maximum absolute atomic E-state index is 10.5. The molecule has 1 unspecified atom stereocenters. The zero-order valence-corrected chi connectivity index (χ0v) is 23.3. The maximum atomic E-state index is 10.5. The van der Waals surface area contributed by atoms with Gasteiger partial charge in [-0.1, -0.05) is 91.0 Å². The van der Waals surface area contributed by atoms with Gasteiger partial charge in [-0.3, -0.25) is 10.1 Å². The van der Waals surface area contributed by atoms with Crippen LogP contribution in [0.2, 0.25) is 0 Å². The Morgan fingerprint density at radius 3 is 1.65 bits per heavy atom. The van der Waals surface area contributed by atoms with Gasteiger partial charge in [0.2, 0.25) is 0 Å². The number of benzene rings is 4. The van der Waals surface area contributed by atoms with Crippen molar-refractivity contribution in [3.63, 3.8) is 0 Å². The lowest BCUT2D eigenvalue weighted by atomic mass is 10.1. The zero-order valence-electron chi connectivity index (χ0n) is 23.3. The van der Waals surface area contributed by atoms with Crippen LogP contribution >= 0.6 is 0 Å². The minimum atomic E-state index is -1.09. The Hall–Kier alpha value is -4.45. The fourth-order valence-corrected chi connectivity index (χ4v) is 4.35. The van der Waals surface area contributed by atoms with Gasteiger partial charge in [-0.15, -0.1) is 0 Å². The van der Waals surface area contributed by atoms with Gasteiger partial charge in [0.1, 0.15) is 18.3 Å². The standard InChI is InChI=1S/C26H28O5.C7H5NO4/c27-26-25(30-18-22-14-8-3-9-15-22)24(29-17-21-12-6-2-7-13-21)23(31-26)19-28-16-20-10-4-1-5-11-20;9-7(10)5-1-3-6(4-2-5)8(11)12/h1-15,23-27H,16-19H2;1-4H,(H,9,10)/t23-,24-,25+,26?;/m1./s1. The van der Waals surface area contributed by atoms with E-state index < -0.39 is 35.5 Å². The van der Waals surface area contributed by atoms with E-state index in [2.05, 4.69) is 0 Å². The monoisotopic (exact) mass is 587 g/mol. The molecule has 0 radical (unpaired) electrons. The summed E-state index contributed by atoms with van der Waals surface area (Å²) in [5.74, 6) is -1.09. The number of nitro groups is 1. The van der Waals surface area contributed by atoms with Crippen LogP contribution in [-0.2, 0) is 38.8 Å². The van der Waals surface area contributed by atoms with Gasteiger partial charge in [-0.2, -0.15) is 0 Å². The number of carboxylic acid groups (broad SMARTS) is 1. The summed E-state index contributed by atoms with van der Waals surface area (Å²) in [4.78, 5) is 19.9. The highest BCUT2D eigenvalue weighted by molar-refractivity contribution is 5.87. The van der Waals surface area contributed by atoms with Crippen LogP contribution in [-0.4, -0.2) is 52.3 Å². The van der Waals surface area contributed by atoms with Crippen LogP contribution in [0.15, 0.2) is 115 Å². The summed E-state index contributed by atoms with van der Waals surface area (Å²) in [5.41, 5.74) is 3.09. The summed E-state index contributed by atoms with van der Waals surface area (Å²) >= 11 is 0. The first kappa shape index (κ1) is 31.5. The summed E-state index contributed by atoms with van der Waals surface area (Å²) in [6, 6.07) is 34.5. The molecule has 10 heteroatoms. The number of carboxylic acids is 1. The van der Waals surface area contributed by atoms with Crippen molar-refractivity contribution in [3.05, 3.63) is 148 Å². The number of aromatic carboxylic acids is 1. The number of hydrogen-bond acceptors (Lipinski definition) is 8. The lowest BCUT2D eigenvalue weighted by molar-refractivity contribution is -0.384. The summed E-state index contributed by atoms with van der Waals surface area (Å²) in [6.45, 7) is 1.55. The molecule has 10 nitrogen and oxygen atoms in total. The second-order valence-corrected chi connectivity index (χ2v) is 9.70. The highest BCUT2D eigenvalue weighted by atomic mass is 16.7. The SMILES string of the molecule is O=C(O)c1ccc([N+](=O)[O-])cc1.OC1O[C@H](COCc2ccccc2)[C@@H](OCc2ccccc2)[C@@H]1OCc1ccccc1. The summed E-state index contributed by atoms with van der Waals surface area (Å²) < 4.78 is 23.9. The zero-order chi connectivity index (χ0) is 30.4. The predicted octanol–water partition coefficient (Wildman–Crippen LogP) is 5.38. The highest BCUT2D eigenvalue weighted by Crippen LogP contribution is 2.28. The van der Waals surface area contributed by atoms with E-state index in [1.54, 1.807) is 0 Å². The molecule has 0 spiro atoms. The molecule has 4 aromatic carbocycles. The summed E-state index contributed by atoms with van der Waals surface area (Å²) in [5, 5.41) is 29.1. The van der Waals surface area contributed by atoms with Gasteiger partial charge in [0.05, 0.1) is 36.9 Å². The predicted molar refractivity (Wildman–Crippen MR) is 157 cm³/mol. The molecule has 2 N–H and O–H groups in total. The normalized spacial score (nSPS) is 19.3. The van der Waals surface area contributed by atoms with Crippen LogP contribution in [0.1, 0.15) is 27.0 Å². The highest BCUT2D eigenvalue weighted by Gasteiger charge is 2.45. The number of hydrogen-bond donors (Lipinski definition) is 2. The number of nitrogens with zero attached hydrogens (tertiary/aromatic N) is 1. The number of non-ortho nitro benzene ring substituents is 1. The Kier molecular flexibility index (Phi) is 11.9. The largest absolute Gasteiger partial charge is 0.478 e. The third-order valence-electron chi connectivity index (χ3n) is 6.57. The van der Waals surface area contributed by atoms with Crippen molar-refractivity contribution in [1.82, 2.24) is 0 Å². The van der Waals surface area contributed by atoms with Crippen LogP contribution in [0.4, 0.5) is 5.69 Å². The molecule has 0 aliphatic carbocycles. The van der Waals surface area contributed by atoms with E-state index in [4.69, 9.17) is 24.1 Å². The first-order chi connectivity index (χ1) is 20.9. The van der Waals surface area contributed by atoms with Crippen molar-refractivity contribution >= 4 is 11.7 Å². The third-order valence-corrected chi connectivity index (χ3v) is 6.57.